The first-order valence-electron chi connectivity index (χ1n) is 8.17. The first-order valence-corrected chi connectivity index (χ1v) is 8.17. The molecule has 0 saturated heterocycles. The average Bonchev–Trinajstić information content (AvgIpc) is 2.92. The molecule has 0 unspecified atom stereocenters. The Morgan fingerprint density at radius 3 is 2.84 bits per heavy atom. The van der Waals surface area contributed by atoms with Crippen LogP contribution < -0.4 is 9.80 Å². The minimum absolute atomic E-state index is 0.227. The molecule has 0 atom stereocenters. The summed E-state index contributed by atoms with van der Waals surface area (Å²) < 4.78 is 26.3. The SMILES string of the molecule is Cc1nn(CC(F)F)cc1C(=O)N1CCCc2ccnc(N(C)C)c21. The van der Waals surface area contributed by atoms with Crippen LogP contribution in [0.15, 0.2) is 18.5 Å². The van der Waals surface area contributed by atoms with Crippen molar-refractivity contribution < 1.29 is 13.6 Å². The summed E-state index contributed by atoms with van der Waals surface area (Å²) in [5.74, 6) is 0.498. The van der Waals surface area contributed by atoms with E-state index in [9.17, 15) is 13.6 Å². The van der Waals surface area contributed by atoms with E-state index < -0.39 is 13.0 Å². The van der Waals surface area contributed by atoms with Crippen molar-refractivity contribution in [2.75, 3.05) is 30.4 Å². The third kappa shape index (κ3) is 3.33. The molecule has 0 spiro atoms. The molecule has 0 radical (unpaired) electrons. The fourth-order valence-electron chi connectivity index (χ4n) is 3.16. The Kier molecular flexibility index (Phi) is 4.69. The Hall–Kier alpha value is -2.51. The van der Waals surface area contributed by atoms with E-state index >= 15 is 0 Å². The Morgan fingerprint density at radius 1 is 1.40 bits per heavy atom. The van der Waals surface area contributed by atoms with E-state index in [0.717, 1.165) is 34.6 Å². The number of nitrogens with zero attached hydrogens (tertiary/aromatic N) is 5. The van der Waals surface area contributed by atoms with Gasteiger partial charge in [0.25, 0.3) is 12.3 Å². The van der Waals surface area contributed by atoms with Crippen LogP contribution in [0.1, 0.15) is 28.0 Å². The number of aromatic nitrogens is 3. The van der Waals surface area contributed by atoms with Gasteiger partial charge < -0.3 is 9.80 Å². The number of hydrogen-bond acceptors (Lipinski definition) is 4. The van der Waals surface area contributed by atoms with Crippen molar-refractivity contribution >= 4 is 17.4 Å². The molecule has 0 saturated carbocycles. The number of alkyl halides is 2. The quantitative estimate of drug-likeness (QED) is 0.851. The van der Waals surface area contributed by atoms with E-state index in [1.807, 2.05) is 25.1 Å². The van der Waals surface area contributed by atoms with E-state index in [2.05, 4.69) is 10.1 Å². The predicted octanol–water partition coefficient (Wildman–Crippen LogP) is 2.51. The number of aryl methyl sites for hydroxylation is 2. The fourth-order valence-corrected chi connectivity index (χ4v) is 3.16. The lowest BCUT2D eigenvalue weighted by molar-refractivity contribution is 0.0983. The molecule has 134 valence electrons. The van der Waals surface area contributed by atoms with Gasteiger partial charge >= 0.3 is 0 Å². The van der Waals surface area contributed by atoms with Crippen LogP contribution in [0, 0.1) is 6.92 Å². The number of anilines is 2. The van der Waals surface area contributed by atoms with Gasteiger partial charge in [0.1, 0.15) is 6.54 Å². The van der Waals surface area contributed by atoms with Crippen LogP contribution in [0.2, 0.25) is 0 Å². The highest BCUT2D eigenvalue weighted by Crippen LogP contribution is 2.35. The number of pyridine rings is 1. The zero-order chi connectivity index (χ0) is 18.1. The van der Waals surface area contributed by atoms with Crippen LogP contribution in [0.25, 0.3) is 0 Å². The van der Waals surface area contributed by atoms with Crippen molar-refractivity contribution in [1.29, 1.82) is 0 Å². The molecule has 8 heteroatoms. The third-order valence-electron chi connectivity index (χ3n) is 4.26. The highest BCUT2D eigenvalue weighted by Gasteiger charge is 2.29. The molecule has 1 aliphatic heterocycles. The molecule has 2 aromatic rings. The van der Waals surface area contributed by atoms with Crippen LogP contribution in [-0.4, -0.2) is 47.7 Å². The number of rotatable bonds is 4. The molecule has 0 aliphatic carbocycles. The van der Waals surface area contributed by atoms with Gasteiger partial charge in [-0.2, -0.15) is 5.10 Å². The van der Waals surface area contributed by atoms with E-state index in [-0.39, 0.29) is 5.91 Å². The van der Waals surface area contributed by atoms with Crippen LogP contribution in [0.4, 0.5) is 20.3 Å². The monoisotopic (exact) mass is 349 g/mol. The summed E-state index contributed by atoms with van der Waals surface area (Å²) in [6.45, 7) is 1.71. The number of amides is 1. The maximum Gasteiger partial charge on any atom is 0.261 e. The lowest BCUT2D eigenvalue weighted by atomic mass is 10.0. The van der Waals surface area contributed by atoms with Gasteiger partial charge in [-0.15, -0.1) is 0 Å². The lowest BCUT2D eigenvalue weighted by Crippen LogP contribution is -2.37. The highest BCUT2D eigenvalue weighted by molar-refractivity contribution is 6.08. The summed E-state index contributed by atoms with van der Waals surface area (Å²) in [5, 5.41) is 4.04. The van der Waals surface area contributed by atoms with Crippen LogP contribution in [0.5, 0.6) is 0 Å². The van der Waals surface area contributed by atoms with Crippen molar-refractivity contribution in [2.45, 2.75) is 32.7 Å². The van der Waals surface area contributed by atoms with Crippen LogP contribution in [-0.2, 0) is 13.0 Å². The molecular formula is C17H21F2N5O. The number of halogens is 2. The van der Waals surface area contributed by atoms with Crippen molar-refractivity contribution in [3.63, 3.8) is 0 Å². The maximum absolute atomic E-state index is 13.1. The summed E-state index contributed by atoms with van der Waals surface area (Å²) >= 11 is 0. The molecule has 3 heterocycles. The minimum Gasteiger partial charge on any atom is -0.361 e. The van der Waals surface area contributed by atoms with Gasteiger partial charge in [0.2, 0.25) is 0 Å². The smallest absolute Gasteiger partial charge is 0.261 e. The van der Waals surface area contributed by atoms with E-state index in [0.29, 0.717) is 17.8 Å². The zero-order valence-corrected chi connectivity index (χ0v) is 14.5. The molecule has 2 aromatic heterocycles. The summed E-state index contributed by atoms with van der Waals surface area (Å²) in [5.41, 5.74) is 2.66. The average molecular weight is 349 g/mol. The number of carbonyl (C=O) groups is 1. The second kappa shape index (κ2) is 6.78. The molecule has 1 aliphatic rings. The zero-order valence-electron chi connectivity index (χ0n) is 14.5. The molecule has 0 aromatic carbocycles. The number of hydrogen-bond donors (Lipinski definition) is 0. The summed E-state index contributed by atoms with van der Waals surface area (Å²) in [6.07, 6.45) is 2.37. The molecule has 3 rings (SSSR count). The van der Waals surface area contributed by atoms with Gasteiger partial charge in [-0.1, -0.05) is 0 Å². The Morgan fingerprint density at radius 2 is 2.16 bits per heavy atom. The van der Waals surface area contributed by atoms with Crippen molar-refractivity contribution in [3.8, 4) is 0 Å². The molecule has 6 nitrogen and oxygen atoms in total. The highest BCUT2D eigenvalue weighted by atomic mass is 19.3. The second-order valence-corrected chi connectivity index (χ2v) is 6.34. The van der Waals surface area contributed by atoms with Gasteiger partial charge in [0.15, 0.2) is 5.82 Å². The summed E-state index contributed by atoms with van der Waals surface area (Å²) in [7, 11) is 3.76. The van der Waals surface area contributed by atoms with Gasteiger partial charge in [0, 0.05) is 33.0 Å². The van der Waals surface area contributed by atoms with Gasteiger partial charge in [-0.05, 0) is 31.4 Å². The van der Waals surface area contributed by atoms with Crippen molar-refractivity contribution in [1.82, 2.24) is 14.8 Å². The van der Waals surface area contributed by atoms with Crippen LogP contribution in [0.3, 0.4) is 0 Å². The second-order valence-electron chi connectivity index (χ2n) is 6.34. The van der Waals surface area contributed by atoms with E-state index in [1.165, 1.54) is 6.20 Å². The van der Waals surface area contributed by atoms with E-state index in [4.69, 9.17) is 0 Å². The number of fused-ring (bicyclic) bond motifs is 1. The normalized spacial score (nSPS) is 13.9. The standard InChI is InChI=1S/C17H21F2N5O/c1-11-13(9-23(21-11)10-14(18)19)17(25)24-8-4-5-12-6-7-20-16(15(12)24)22(2)3/h6-7,9,14H,4-5,8,10H2,1-3H3. The Labute approximate surface area is 145 Å². The minimum atomic E-state index is -2.51. The van der Waals surface area contributed by atoms with Gasteiger partial charge in [-0.25, -0.2) is 13.8 Å². The molecule has 1 amide bonds. The molecule has 25 heavy (non-hydrogen) atoms. The maximum atomic E-state index is 13.1. The molecule has 0 N–H and O–H groups in total. The third-order valence-corrected chi connectivity index (χ3v) is 4.26. The molecule has 0 bridgehead atoms. The fraction of sp³-hybridized carbons (Fsp3) is 0.471. The van der Waals surface area contributed by atoms with Crippen molar-refractivity contribution in [3.05, 3.63) is 35.3 Å². The summed E-state index contributed by atoms with van der Waals surface area (Å²) in [6, 6.07) is 1.93. The molecular weight excluding hydrogens is 328 g/mol. The van der Waals surface area contributed by atoms with Crippen LogP contribution >= 0.6 is 0 Å². The van der Waals surface area contributed by atoms with Crippen molar-refractivity contribution in [2.24, 2.45) is 0 Å². The van der Waals surface area contributed by atoms with E-state index in [1.54, 1.807) is 18.0 Å². The lowest BCUT2D eigenvalue weighted by Gasteiger charge is -2.32. The first kappa shape index (κ1) is 17.3. The van der Waals surface area contributed by atoms with Gasteiger partial charge in [0.05, 0.1) is 16.9 Å². The summed E-state index contributed by atoms with van der Waals surface area (Å²) in [4.78, 5) is 21.1. The predicted molar refractivity (Wildman–Crippen MR) is 91.5 cm³/mol. The Balaban J connectivity index is 1.99. The first-order chi connectivity index (χ1) is 11.9. The Bertz CT molecular complexity index is 787. The topological polar surface area (TPSA) is 54.3 Å². The molecule has 0 fully saturated rings. The largest absolute Gasteiger partial charge is 0.361 e. The van der Waals surface area contributed by atoms with Gasteiger partial charge in [-0.3, -0.25) is 9.48 Å². The number of carbonyl (C=O) groups excluding carboxylic acids is 1.